The van der Waals surface area contributed by atoms with E-state index in [1.165, 1.54) is 43.5 Å². The van der Waals surface area contributed by atoms with Crippen molar-refractivity contribution >= 4 is 5.69 Å². The van der Waals surface area contributed by atoms with E-state index in [9.17, 15) is 14.5 Å². The summed E-state index contributed by atoms with van der Waals surface area (Å²) in [5.41, 5.74) is 5.85. The lowest BCUT2D eigenvalue weighted by Gasteiger charge is -2.12. The number of nitro groups is 1. The summed E-state index contributed by atoms with van der Waals surface area (Å²) in [5.74, 6) is 0.368. The number of non-ortho nitro benzene ring substituents is 1. The molecule has 0 aliphatic rings. The predicted molar refractivity (Wildman–Crippen MR) is 74.0 cm³/mol. The molecule has 0 saturated heterocycles. The van der Waals surface area contributed by atoms with Crippen LogP contribution in [0.15, 0.2) is 36.4 Å². The average Bonchev–Trinajstić information content (AvgIpc) is 2.48. The van der Waals surface area contributed by atoms with Crippen LogP contribution in [0.2, 0.25) is 0 Å². The van der Waals surface area contributed by atoms with Gasteiger partial charge in [0.25, 0.3) is 5.69 Å². The van der Waals surface area contributed by atoms with Gasteiger partial charge >= 0.3 is 0 Å². The summed E-state index contributed by atoms with van der Waals surface area (Å²) in [6.07, 6.45) is 0. The Morgan fingerprint density at radius 2 is 1.90 bits per heavy atom. The number of hydrogen-bond acceptors (Lipinski definition) is 5. The smallest absolute Gasteiger partial charge is 0.273 e. The van der Waals surface area contributed by atoms with Gasteiger partial charge < -0.3 is 15.2 Å². The highest BCUT2D eigenvalue weighted by Crippen LogP contribution is 2.36. The second-order valence-electron chi connectivity index (χ2n) is 4.15. The van der Waals surface area contributed by atoms with E-state index in [0.717, 1.165) is 0 Å². The van der Waals surface area contributed by atoms with Gasteiger partial charge in [0, 0.05) is 18.2 Å². The lowest BCUT2D eigenvalue weighted by Crippen LogP contribution is -2.01. The van der Waals surface area contributed by atoms with Gasteiger partial charge in [-0.25, -0.2) is 4.39 Å². The Hall–Kier alpha value is -2.67. The highest BCUT2D eigenvalue weighted by Gasteiger charge is 2.14. The molecule has 0 aliphatic carbocycles. The van der Waals surface area contributed by atoms with Crippen LogP contribution < -0.4 is 15.2 Å². The van der Waals surface area contributed by atoms with Gasteiger partial charge in [-0.15, -0.1) is 0 Å². The van der Waals surface area contributed by atoms with E-state index >= 15 is 0 Å². The second-order valence-corrected chi connectivity index (χ2v) is 4.15. The topological polar surface area (TPSA) is 87.6 Å². The number of hydrogen-bond donors (Lipinski definition) is 1. The lowest BCUT2D eigenvalue weighted by molar-refractivity contribution is -0.384. The first kappa shape index (κ1) is 14.7. The highest BCUT2D eigenvalue weighted by molar-refractivity contribution is 5.51. The molecular formula is C14H13FN2O4. The molecule has 2 N–H and O–H groups in total. The van der Waals surface area contributed by atoms with Crippen LogP contribution in [0, 0.1) is 15.9 Å². The van der Waals surface area contributed by atoms with Crippen molar-refractivity contribution in [1.82, 2.24) is 0 Å². The maximum atomic E-state index is 13.2. The van der Waals surface area contributed by atoms with E-state index in [2.05, 4.69) is 0 Å². The Balaban J connectivity index is 2.42. The van der Waals surface area contributed by atoms with Crippen molar-refractivity contribution in [3.63, 3.8) is 0 Å². The standard InChI is InChI=1S/C14H13FN2O4/c1-20-13-5-3-11(17(18)19)7-14(13)21-12-4-2-10(15)6-9(12)8-16/h2-7H,8,16H2,1H3. The average molecular weight is 292 g/mol. The van der Waals surface area contributed by atoms with Gasteiger partial charge in [0.15, 0.2) is 11.5 Å². The number of halogens is 1. The number of nitrogens with zero attached hydrogens (tertiary/aromatic N) is 1. The van der Waals surface area contributed by atoms with Crippen LogP contribution in [0.3, 0.4) is 0 Å². The van der Waals surface area contributed by atoms with Crippen molar-refractivity contribution in [2.75, 3.05) is 7.11 Å². The third-order valence-corrected chi connectivity index (χ3v) is 2.82. The number of nitro benzene ring substituents is 1. The molecule has 0 atom stereocenters. The molecule has 6 nitrogen and oxygen atoms in total. The molecule has 2 aromatic carbocycles. The molecule has 2 aromatic rings. The zero-order valence-electron chi connectivity index (χ0n) is 11.2. The van der Waals surface area contributed by atoms with Crippen LogP contribution in [-0.2, 0) is 6.54 Å². The van der Waals surface area contributed by atoms with Gasteiger partial charge in [-0.05, 0) is 24.3 Å². The molecular weight excluding hydrogens is 279 g/mol. The Kier molecular flexibility index (Phi) is 4.34. The number of rotatable bonds is 5. The normalized spacial score (nSPS) is 10.2. The van der Waals surface area contributed by atoms with Gasteiger partial charge in [0.2, 0.25) is 0 Å². The number of nitrogens with two attached hydrogens (primary N) is 1. The molecule has 0 amide bonds. The highest BCUT2D eigenvalue weighted by atomic mass is 19.1. The molecule has 7 heteroatoms. The molecule has 0 spiro atoms. The van der Waals surface area contributed by atoms with Crippen molar-refractivity contribution in [2.24, 2.45) is 5.73 Å². The zero-order chi connectivity index (χ0) is 15.4. The third-order valence-electron chi connectivity index (χ3n) is 2.82. The summed E-state index contributed by atoms with van der Waals surface area (Å²) < 4.78 is 23.9. The minimum absolute atomic E-state index is 0.0737. The third kappa shape index (κ3) is 3.26. The lowest BCUT2D eigenvalue weighted by atomic mass is 10.2. The van der Waals surface area contributed by atoms with Crippen LogP contribution in [0.1, 0.15) is 5.56 Å². The SMILES string of the molecule is COc1ccc([N+](=O)[O-])cc1Oc1ccc(F)cc1CN. The Morgan fingerprint density at radius 3 is 2.52 bits per heavy atom. The van der Waals surface area contributed by atoms with Gasteiger partial charge in [-0.1, -0.05) is 0 Å². The molecule has 0 heterocycles. The number of ether oxygens (including phenoxy) is 2. The summed E-state index contributed by atoms with van der Waals surface area (Å²) in [6.45, 7) is 0.0737. The summed E-state index contributed by atoms with van der Waals surface area (Å²) in [6, 6.07) is 7.86. The molecule has 0 radical (unpaired) electrons. The van der Waals surface area contributed by atoms with E-state index in [-0.39, 0.29) is 18.0 Å². The van der Waals surface area contributed by atoms with Crippen LogP contribution in [0.5, 0.6) is 17.2 Å². The Morgan fingerprint density at radius 1 is 1.19 bits per heavy atom. The predicted octanol–water partition coefficient (Wildman–Crippen LogP) is 2.99. The van der Waals surface area contributed by atoms with Crippen molar-refractivity contribution in [1.29, 1.82) is 0 Å². The summed E-state index contributed by atoms with van der Waals surface area (Å²) >= 11 is 0. The van der Waals surface area contributed by atoms with E-state index < -0.39 is 10.7 Å². The van der Waals surface area contributed by atoms with Crippen molar-refractivity contribution in [3.8, 4) is 17.2 Å². The van der Waals surface area contributed by atoms with Crippen LogP contribution in [0.25, 0.3) is 0 Å². The minimum atomic E-state index is -0.541. The Labute approximate surface area is 120 Å². The molecule has 2 rings (SSSR count). The summed E-state index contributed by atoms with van der Waals surface area (Å²) in [7, 11) is 1.42. The quantitative estimate of drug-likeness (QED) is 0.676. The molecule has 0 bridgehead atoms. The second kappa shape index (κ2) is 6.19. The fourth-order valence-corrected chi connectivity index (χ4v) is 1.78. The van der Waals surface area contributed by atoms with E-state index in [1.807, 2.05) is 0 Å². The monoisotopic (exact) mass is 292 g/mol. The summed E-state index contributed by atoms with van der Waals surface area (Å²) in [4.78, 5) is 10.3. The molecule has 0 saturated carbocycles. The van der Waals surface area contributed by atoms with Gasteiger partial charge in [0.1, 0.15) is 11.6 Å². The van der Waals surface area contributed by atoms with Gasteiger partial charge in [-0.3, -0.25) is 10.1 Å². The first-order valence-corrected chi connectivity index (χ1v) is 6.04. The van der Waals surface area contributed by atoms with Crippen LogP contribution >= 0.6 is 0 Å². The van der Waals surface area contributed by atoms with Gasteiger partial charge in [-0.2, -0.15) is 0 Å². The van der Waals surface area contributed by atoms with Crippen molar-refractivity contribution < 1.29 is 18.8 Å². The first-order chi connectivity index (χ1) is 10.0. The molecule has 110 valence electrons. The largest absolute Gasteiger partial charge is 0.493 e. The van der Waals surface area contributed by atoms with E-state index in [4.69, 9.17) is 15.2 Å². The zero-order valence-corrected chi connectivity index (χ0v) is 11.2. The maximum absolute atomic E-state index is 13.2. The molecule has 21 heavy (non-hydrogen) atoms. The summed E-state index contributed by atoms with van der Waals surface area (Å²) in [5, 5.41) is 10.8. The molecule has 0 fully saturated rings. The minimum Gasteiger partial charge on any atom is -0.493 e. The number of methoxy groups -OCH3 is 1. The van der Waals surface area contributed by atoms with E-state index in [1.54, 1.807) is 0 Å². The van der Waals surface area contributed by atoms with Crippen molar-refractivity contribution in [2.45, 2.75) is 6.54 Å². The fourth-order valence-electron chi connectivity index (χ4n) is 1.78. The van der Waals surface area contributed by atoms with Gasteiger partial charge in [0.05, 0.1) is 18.1 Å². The number of benzene rings is 2. The molecule has 0 aromatic heterocycles. The maximum Gasteiger partial charge on any atom is 0.273 e. The fraction of sp³-hybridized carbons (Fsp3) is 0.143. The van der Waals surface area contributed by atoms with E-state index in [0.29, 0.717) is 17.1 Å². The Bertz CT molecular complexity index is 676. The molecule has 0 unspecified atom stereocenters. The first-order valence-electron chi connectivity index (χ1n) is 6.04. The van der Waals surface area contributed by atoms with Crippen molar-refractivity contribution in [3.05, 3.63) is 57.9 Å². The van der Waals surface area contributed by atoms with Crippen LogP contribution in [0.4, 0.5) is 10.1 Å². The van der Waals surface area contributed by atoms with Crippen LogP contribution in [-0.4, -0.2) is 12.0 Å². The molecule has 0 aliphatic heterocycles.